The molecule has 5 atom stereocenters. The molecule has 1 aromatic rings. The van der Waals surface area contributed by atoms with Crippen LogP contribution >= 0.6 is 0 Å². The molecule has 1 saturated heterocycles. The maximum Gasteiger partial charge on any atom is 0.256 e. The zero-order valence-corrected chi connectivity index (χ0v) is 20.8. The number of carbonyl (C=O) groups excluding carboxylic acids is 1. The molecular weight excluding hydrogens is 438 g/mol. The number of hydrogen-bond donors (Lipinski definition) is 2. The van der Waals surface area contributed by atoms with Crippen LogP contribution in [0.15, 0.2) is 45.3 Å². The Hall–Kier alpha value is -2.40. The van der Waals surface area contributed by atoms with Crippen LogP contribution in [0.2, 0.25) is 18.1 Å². The fourth-order valence-electron chi connectivity index (χ4n) is 3.92. The summed E-state index contributed by atoms with van der Waals surface area (Å²) in [6.07, 6.45) is 2.44. The van der Waals surface area contributed by atoms with Crippen LogP contribution in [0.25, 0.3) is 0 Å². The molecule has 4 rings (SSSR count). The molecule has 1 fully saturated rings. The van der Waals surface area contributed by atoms with Crippen molar-refractivity contribution in [3.05, 3.63) is 35.9 Å². The van der Waals surface area contributed by atoms with Gasteiger partial charge in [-0.3, -0.25) is 9.79 Å². The number of hydrogen-bond acceptors (Lipinski definition) is 8. The lowest BCUT2D eigenvalue weighted by Crippen LogP contribution is -2.50. The number of ether oxygens (including phenoxy) is 1. The first-order valence-corrected chi connectivity index (χ1v) is 14.2. The average Bonchev–Trinajstić information content (AvgIpc) is 3.37. The second-order valence-corrected chi connectivity index (χ2v) is 14.9. The number of aliphatic hydroxyl groups excluding tert-OH is 1. The Morgan fingerprint density at radius 2 is 2.00 bits per heavy atom. The van der Waals surface area contributed by atoms with Crippen LogP contribution in [0.1, 0.15) is 37.6 Å². The molecule has 0 radical (unpaired) electrons. The van der Waals surface area contributed by atoms with Gasteiger partial charge in [-0.15, -0.1) is 0 Å². The molecule has 10 heteroatoms. The van der Waals surface area contributed by atoms with Crippen LogP contribution in [0, 0.1) is 0 Å². The molecule has 0 aliphatic carbocycles. The van der Waals surface area contributed by atoms with Crippen molar-refractivity contribution in [3.63, 3.8) is 0 Å². The molecule has 3 aliphatic rings. The van der Waals surface area contributed by atoms with E-state index in [1.807, 2.05) is 23.1 Å². The maximum absolute atomic E-state index is 12.6. The van der Waals surface area contributed by atoms with Gasteiger partial charge in [-0.05, 0) is 30.3 Å². The number of amidine groups is 1. The summed E-state index contributed by atoms with van der Waals surface area (Å²) in [5.41, 5.74) is 0.550. The standard InChI is InChI=1S/C23H33N5O4Si/c1-23(2,3)33(4,5)32-16-11-18(31-17(16)12-29)28-14-26-19-20(24-13-25-21(19)28)27-22(30)15-9-7-6-8-10-15/h6-10,13-14,16-19,21,29H,11-12H2,1-5H3,(H,24,25,27,30)/t16-,17+,18+,19?,21?/m0/s1. The Morgan fingerprint density at radius 1 is 1.27 bits per heavy atom. The normalized spacial score (nSPS) is 29.2. The van der Waals surface area contributed by atoms with Crippen molar-refractivity contribution < 1.29 is 19.1 Å². The van der Waals surface area contributed by atoms with E-state index in [0.29, 0.717) is 17.8 Å². The van der Waals surface area contributed by atoms with Gasteiger partial charge in [-0.25, -0.2) is 9.98 Å². The highest BCUT2D eigenvalue weighted by molar-refractivity contribution is 6.74. The predicted octanol–water partition coefficient (Wildman–Crippen LogP) is 2.39. The number of nitrogens with zero attached hydrogens (tertiary/aromatic N) is 4. The van der Waals surface area contributed by atoms with Gasteiger partial charge in [-0.2, -0.15) is 0 Å². The topological polar surface area (TPSA) is 108 Å². The van der Waals surface area contributed by atoms with E-state index in [-0.39, 0.29) is 36.0 Å². The molecular formula is C23H33N5O4Si. The molecule has 9 nitrogen and oxygen atoms in total. The smallest absolute Gasteiger partial charge is 0.256 e. The zero-order valence-electron chi connectivity index (χ0n) is 19.8. The van der Waals surface area contributed by atoms with Crippen molar-refractivity contribution in [2.75, 3.05) is 6.61 Å². The van der Waals surface area contributed by atoms with Crippen LogP contribution in [-0.4, -0.2) is 80.0 Å². The van der Waals surface area contributed by atoms with E-state index in [2.05, 4.69) is 54.2 Å². The van der Waals surface area contributed by atoms with Crippen molar-refractivity contribution in [1.29, 1.82) is 0 Å². The van der Waals surface area contributed by atoms with Gasteiger partial charge in [0.1, 0.15) is 24.5 Å². The second kappa shape index (κ2) is 9.09. The van der Waals surface area contributed by atoms with Crippen molar-refractivity contribution in [1.82, 2.24) is 10.2 Å². The first-order valence-electron chi connectivity index (χ1n) is 11.3. The van der Waals surface area contributed by atoms with Gasteiger partial charge in [0.15, 0.2) is 20.5 Å². The van der Waals surface area contributed by atoms with Gasteiger partial charge in [0.2, 0.25) is 0 Å². The number of benzene rings is 1. The Bertz CT molecular complexity index is 959. The molecule has 0 aromatic heterocycles. The lowest BCUT2D eigenvalue weighted by Gasteiger charge is -2.39. The van der Waals surface area contributed by atoms with Crippen LogP contribution in [0.4, 0.5) is 0 Å². The summed E-state index contributed by atoms with van der Waals surface area (Å²) in [6.45, 7) is 10.9. The first-order chi connectivity index (χ1) is 15.6. The van der Waals surface area contributed by atoms with Crippen molar-refractivity contribution in [2.45, 2.75) is 76.0 Å². The number of rotatable bonds is 5. The summed E-state index contributed by atoms with van der Waals surface area (Å²) in [5, 5.41) is 12.9. The van der Waals surface area contributed by atoms with Crippen molar-refractivity contribution >= 4 is 32.7 Å². The summed E-state index contributed by atoms with van der Waals surface area (Å²) >= 11 is 0. The van der Waals surface area contributed by atoms with E-state index in [9.17, 15) is 9.90 Å². The Labute approximate surface area is 195 Å². The largest absolute Gasteiger partial charge is 0.411 e. The van der Waals surface area contributed by atoms with Crippen molar-refractivity contribution in [2.24, 2.45) is 15.0 Å². The zero-order chi connectivity index (χ0) is 23.8. The Balaban J connectivity index is 1.44. The average molecular weight is 472 g/mol. The summed E-state index contributed by atoms with van der Waals surface area (Å²) in [6, 6.07) is 8.55. The summed E-state index contributed by atoms with van der Waals surface area (Å²) in [4.78, 5) is 27.9. The number of aliphatic hydroxyl groups is 1. The maximum atomic E-state index is 12.6. The molecule has 1 amide bonds. The first kappa shape index (κ1) is 23.7. The van der Waals surface area contributed by atoms with Gasteiger partial charge in [0.25, 0.3) is 5.91 Å². The van der Waals surface area contributed by atoms with E-state index in [1.54, 1.807) is 18.5 Å². The molecule has 1 aromatic carbocycles. The van der Waals surface area contributed by atoms with Gasteiger partial charge in [-0.1, -0.05) is 39.0 Å². The summed E-state index contributed by atoms with van der Waals surface area (Å²) in [5.74, 6) is 0.214. The summed E-state index contributed by atoms with van der Waals surface area (Å²) < 4.78 is 12.8. The lowest BCUT2D eigenvalue weighted by atomic mass is 10.1. The van der Waals surface area contributed by atoms with E-state index < -0.39 is 20.5 Å². The number of aliphatic imine (C=N–C) groups is 3. The van der Waals surface area contributed by atoms with E-state index in [0.717, 1.165) is 0 Å². The Morgan fingerprint density at radius 3 is 2.67 bits per heavy atom. The number of fused-ring (bicyclic) bond motifs is 1. The molecule has 0 spiro atoms. The minimum atomic E-state index is -2.03. The van der Waals surface area contributed by atoms with E-state index in [4.69, 9.17) is 9.16 Å². The van der Waals surface area contributed by atoms with Crippen LogP contribution in [0.5, 0.6) is 0 Å². The molecule has 2 unspecified atom stereocenters. The number of carbonyl (C=O) groups is 1. The molecule has 33 heavy (non-hydrogen) atoms. The number of nitrogens with one attached hydrogen (secondary N) is 1. The fraction of sp³-hybridized carbons (Fsp3) is 0.565. The van der Waals surface area contributed by atoms with Crippen LogP contribution < -0.4 is 5.32 Å². The monoisotopic (exact) mass is 471 g/mol. The highest BCUT2D eigenvalue weighted by Crippen LogP contribution is 2.40. The van der Waals surface area contributed by atoms with E-state index in [1.165, 1.54) is 6.34 Å². The third kappa shape index (κ3) is 4.79. The molecule has 2 N–H and O–H groups in total. The quantitative estimate of drug-likeness (QED) is 0.641. The molecule has 0 saturated carbocycles. The fourth-order valence-corrected chi connectivity index (χ4v) is 5.28. The van der Waals surface area contributed by atoms with Crippen molar-refractivity contribution in [3.8, 4) is 0 Å². The van der Waals surface area contributed by atoms with E-state index >= 15 is 0 Å². The lowest BCUT2D eigenvalue weighted by molar-refractivity contribution is -0.0614. The molecule has 178 valence electrons. The van der Waals surface area contributed by atoms with Gasteiger partial charge in [0.05, 0.1) is 19.0 Å². The number of amides is 1. The SMILES string of the molecule is CC(C)(C)[Si](C)(C)O[C@H]1C[C@H](N2C=NC3C(NC(=O)c4ccccc4)=NC=NC32)O[C@@H]1CO. The van der Waals surface area contributed by atoms with Gasteiger partial charge < -0.3 is 24.5 Å². The Kier molecular flexibility index (Phi) is 6.54. The van der Waals surface area contributed by atoms with Crippen LogP contribution in [0.3, 0.4) is 0 Å². The highest BCUT2D eigenvalue weighted by Gasteiger charge is 2.48. The van der Waals surface area contributed by atoms with Gasteiger partial charge >= 0.3 is 0 Å². The predicted molar refractivity (Wildman–Crippen MR) is 130 cm³/mol. The second-order valence-electron chi connectivity index (χ2n) is 10.1. The third-order valence-electron chi connectivity index (χ3n) is 6.87. The highest BCUT2D eigenvalue weighted by atomic mass is 28.4. The summed E-state index contributed by atoms with van der Waals surface area (Å²) in [7, 11) is -2.03. The third-order valence-corrected chi connectivity index (χ3v) is 11.4. The van der Waals surface area contributed by atoms with Crippen LogP contribution in [-0.2, 0) is 9.16 Å². The molecule has 3 aliphatic heterocycles. The minimum Gasteiger partial charge on any atom is -0.411 e. The molecule has 0 bridgehead atoms. The minimum absolute atomic E-state index is 0.0568. The molecule has 3 heterocycles. The van der Waals surface area contributed by atoms with Gasteiger partial charge in [0, 0.05) is 12.0 Å².